The minimum absolute atomic E-state index is 0.00117. The second kappa shape index (κ2) is 14.6. The van der Waals surface area contributed by atoms with E-state index in [4.69, 9.17) is 10.7 Å². The van der Waals surface area contributed by atoms with Gasteiger partial charge in [-0.2, -0.15) is 0 Å². The fraction of sp³-hybridized carbons (Fsp3) is 0.414. The number of carbonyl (C=O) groups is 2. The topological polar surface area (TPSA) is 111 Å². The molecule has 39 heavy (non-hydrogen) atoms. The van der Waals surface area contributed by atoms with Crippen molar-refractivity contribution in [2.24, 2.45) is 11.1 Å². The number of amides is 1. The lowest BCUT2D eigenvalue weighted by molar-refractivity contribution is -0.140. The number of nitrogens with zero attached hydrogens (tertiary/aromatic N) is 3. The molecule has 1 aromatic heterocycles. The monoisotopic (exact) mass is 544 g/mol. The molecular weight excluding hydrogens is 506 g/mol. The van der Waals surface area contributed by atoms with Gasteiger partial charge in [-0.1, -0.05) is 51.1 Å². The molecule has 0 radical (unpaired) electrons. The number of halogens is 2. The number of aldehydes is 1. The van der Waals surface area contributed by atoms with E-state index in [0.717, 1.165) is 23.8 Å². The third-order valence-electron chi connectivity index (χ3n) is 5.92. The third-order valence-corrected chi connectivity index (χ3v) is 5.92. The lowest BCUT2D eigenvalue weighted by atomic mass is 9.84. The lowest BCUT2D eigenvalue weighted by Gasteiger charge is -2.40. The fourth-order valence-corrected chi connectivity index (χ4v) is 4.22. The lowest BCUT2D eigenvalue weighted by Crippen LogP contribution is -2.45. The Labute approximate surface area is 228 Å². The van der Waals surface area contributed by atoms with Gasteiger partial charge in [-0.15, -0.1) is 0 Å². The number of aliphatic hydroxyl groups is 1. The smallest absolute Gasteiger partial charge is 0.248 e. The number of carbonyl (C=O) groups excluding carboxylic acids is 2. The van der Waals surface area contributed by atoms with Crippen LogP contribution >= 0.6 is 0 Å². The number of rotatable bonds is 10. The maximum Gasteiger partial charge on any atom is 0.248 e. The zero-order valence-electron chi connectivity index (χ0n) is 23.1. The molecule has 3 rings (SSSR count). The molecule has 0 aliphatic heterocycles. The fourth-order valence-electron chi connectivity index (χ4n) is 4.22. The second-order valence-corrected chi connectivity index (χ2v) is 10.2. The molecule has 0 bridgehead atoms. The average molecular weight is 545 g/mol. The highest BCUT2D eigenvalue weighted by Gasteiger charge is 2.38. The van der Waals surface area contributed by atoms with E-state index in [2.05, 4.69) is 4.74 Å². The molecule has 3 aromatic rings. The zero-order chi connectivity index (χ0) is 29.2. The van der Waals surface area contributed by atoms with Crippen molar-refractivity contribution in [2.45, 2.75) is 45.8 Å². The van der Waals surface area contributed by atoms with E-state index in [1.165, 1.54) is 4.90 Å². The van der Waals surface area contributed by atoms with Gasteiger partial charge in [0.15, 0.2) is 0 Å². The first kappa shape index (κ1) is 31.7. The van der Waals surface area contributed by atoms with Crippen LogP contribution in [0.3, 0.4) is 0 Å². The van der Waals surface area contributed by atoms with Crippen LogP contribution in [0.15, 0.2) is 54.7 Å². The number of ether oxygens (including phenoxy) is 1. The van der Waals surface area contributed by atoms with Gasteiger partial charge in [0.25, 0.3) is 0 Å². The van der Waals surface area contributed by atoms with Gasteiger partial charge < -0.3 is 29.8 Å². The van der Waals surface area contributed by atoms with Crippen LogP contribution in [0.25, 0.3) is 11.3 Å². The third kappa shape index (κ3) is 8.77. The van der Waals surface area contributed by atoms with Crippen molar-refractivity contribution >= 4 is 12.2 Å². The van der Waals surface area contributed by atoms with Crippen LogP contribution in [0.4, 0.5) is 8.78 Å². The van der Waals surface area contributed by atoms with Crippen molar-refractivity contribution in [3.63, 3.8) is 0 Å². The molecule has 0 saturated heterocycles. The summed E-state index contributed by atoms with van der Waals surface area (Å²) in [6.07, 6.45) is 2.43. The molecular formula is C29H38F2N4O4. The van der Waals surface area contributed by atoms with E-state index in [0.29, 0.717) is 18.7 Å². The molecule has 10 heteroatoms. The quantitative estimate of drug-likeness (QED) is 0.374. The Morgan fingerprint density at radius 3 is 2.38 bits per heavy atom. The molecule has 0 spiro atoms. The van der Waals surface area contributed by atoms with Crippen molar-refractivity contribution in [3.05, 3.63) is 77.8 Å². The summed E-state index contributed by atoms with van der Waals surface area (Å²) in [6, 6.07) is 11.2. The number of aromatic nitrogens is 2. The van der Waals surface area contributed by atoms with E-state index >= 15 is 0 Å². The van der Waals surface area contributed by atoms with Gasteiger partial charge in [-0.3, -0.25) is 4.79 Å². The first-order chi connectivity index (χ1) is 18.5. The van der Waals surface area contributed by atoms with Gasteiger partial charge >= 0.3 is 0 Å². The van der Waals surface area contributed by atoms with Gasteiger partial charge in [-0.05, 0) is 35.6 Å². The summed E-state index contributed by atoms with van der Waals surface area (Å²) >= 11 is 0. The molecule has 3 N–H and O–H groups in total. The molecule has 2 atom stereocenters. The van der Waals surface area contributed by atoms with E-state index in [1.807, 2.05) is 55.7 Å². The van der Waals surface area contributed by atoms with Crippen LogP contribution in [0.2, 0.25) is 0 Å². The van der Waals surface area contributed by atoms with Crippen molar-refractivity contribution in [1.29, 1.82) is 0 Å². The predicted molar refractivity (Wildman–Crippen MR) is 146 cm³/mol. The normalized spacial score (nSPS) is 12.7. The summed E-state index contributed by atoms with van der Waals surface area (Å²) in [4.78, 5) is 30.2. The summed E-state index contributed by atoms with van der Waals surface area (Å²) in [5.74, 6) is -1.34. The number of benzene rings is 2. The van der Waals surface area contributed by atoms with Gasteiger partial charge in [-0.25, -0.2) is 13.8 Å². The van der Waals surface area contributed by atoms with Crippen molar-refractivity contribution in [2.75, 3.05) is 27.4 Å². The first-order valence-corrected chi connectivity index (χ1v) is 12.5. The van der Waals surface area contributed by atoms with Crippen LogP contribution in [-0.2, 0) is 20.9 Å². The maximum absolute atomic E-state index is 14.7. The highest BCUT2D eigenvalue weighted by atomic mass is 19.1. The molecule has 212 valence electrons. The van der Waals surface area contributed by atoms with Crippen molar-refractivity contribution in [3.8, 4) is 11.3 Å². The molecule has 0 aliphatic carbocycles. The summed E-state index contributed by atoms with van der Waals surface area (Å²) in [7, 11) is 3.25. The van der Waals surface area contributed by atoms with Crippen LogP contribution in [0.1, 0.15) is 44.6 Å². The average Bonchev–Trinajstić information content (AvgIpc) is 3.29. The van der Waals surface area contributed by atoms with Crippen LogP contribution in [-0.4, -0.2) is 65.2 Å². The van der Waals surface area contributed by atoms with E-state index < -0.39 is 41.6 Å². The standard InChI is InChI=1S/C27H32F2N4O3.C2H6O/c1-27(2,3)25(33(24(36)17-35)12-11-20(30)16-34)26-31-23(21-13-19(28)9-10-22(21)29)15-32(26)14-18-7-5-4-6-8-18;1-3-2/h4-10,13,15-16,20,25,35H,11-12,14,17,30H2,1-3H3;1-2H3. The van der Waals surface area contributed by atoms with E-state index in [-0.39, 0.29) is 24.2 Å². The summed E-state index contributed by atoms with van der Waals surface area (Å²) in [5.41, 5.74) is 6.35. The highest BCUT2D eigenvalue weighted by Crippen LogP contribution is 2.39. The molecule has 2 aromatic carbocycles. The summed E-state index contributed by atoms with van der Waals surface area (Å²) < 4.78 is 34.7. The Balaban J connectivity index is 0.00000170. The van der Waals surface area contributed by atoms with Gasteiger partial charge in [0.05, 0.1) is 17.8 Å². The number of methoxy groups -OCH3 is 1. The molecule has 2 unspecified atom stereocenters. The van der Waals surface area contributed by atoms with Crippen LogP contribution in [0.5, 0.6) is 0 Å². The van der Waals surface area contributed by atoms with Gasteiger partial charge in [0.1, 0.15) is 30.4 Å². The van der Waals surface area contributed by atoms with Crippen molar-refractivity contribution in [1.82, 2.24) is 14.5 Å². The minimum atomic E-state index is -0.777. The number of hydrogen-bond acceptors (Lipinski definition) is 6. The number of hydrogen-bond donors (Lipinski definition) is 2. The van der Waals surface area contributed by atoms with Gasteiger partial charge in [0, 0.05) is 39.1 Å². The Morgan fingerprint density at radius 1 is 1.18 bits per heavy atom. The molecule has 8 nitrogen and oxygen atoms in total. The van der Waals surface area contributed by atoms with Crippen LogP contribution < -0.4 is 5.73 Å². The summed E-state index contributed by atoms with van der Waals surface area (Å²) in [6.45, 7) is 5.47. The number of nitrogens with two attached hydrogens (primary N) is 1. The van der Waals surface area contributed by atoms with E-state index in [9.17, 15) is 23.5 Å². The molecule has 0 aliphatic rings. The van der Waals surface area contributed by atoms with Gasteiger partial charge in [0.2, 0.25) is 5.91 Å². The molecule has 0 fully saturated rings. The second-order valence-electron chi connectivity index (χ2n) is 10.2. The number of imidazole rings is 1. The predicted octanol–water partition coefficient (Wildman–Crippen LogP) is 3.96. The Kier molecular flexibility index (Phi) is 11.9. The molecule has 1 amide bonds. The maximum atomic E-state index is 14.7. The molecule has 1 heterocycles. The highest BCUT2D eigenvalue weighted by molar-refractivity contribution is 5.78. The Hall–Kier alpha value is -3.47. The number of aliphatic hydroxyl groups excluding tert-OH is 1. The zero-order valence-corrected chi connectivity index (χ0v) is 23.1. The Bertz CT molecular complexity index is 1210. The molecule has 0 saturated carbocycles. The van der Waals surface area contributed by atoms with Crippen LogP contribution in [0, 0.1) is 17.0 Å². The first-order valence-electron chi connectivity index (χ1n) is 12.5. The summed E-state index contributed by atoms with van der Waals surface area (Å²) in [5, 5.41) is 9.73. The SMILES string of the molecule is CC(C)(C)C(c1nc(-c2cc(F)ccc2F)cn1Cc1ccccc1)N(CCC(N)C=O)C(=O)CO.COC. The van der Waals surface area contributed by atoms with E-state index in [1.54, 1.807) is 20.4 Å². The largest absolute Gasteiger partial charge is 0.388 e. The Morgan fingerprint density at radius 2 is 1.82 bits per heavy atom. The van der Waals surface area contributed by atoms with Crippen molar-refractivity contribution < 1.29 is 28.2 Å². The minimum Gasteiger partial charge on any atom is -0.388 e.